The third-order valence-electron chi connectivity index (χ3n) is 3.86. The van der Waals surface area contributed by atoms with Gasteiger partial charge in [-0.05, 0) is 43.7 Å². The number of anilines is 1. The number of para-hydroxylation sites is 1. The van der Waals surface area contributed by atoms with Gasteiger partial charge in [-0.15, -0.1) is 0 Å². The minimum atomic E-state index is -0.197. The fourth-order valence-corrected chi connectivity index (χ4v) is 2.53. The van der Waals surface area contributed by atoms with E-state index in [4.69, 9.17) is 4.74 Å². The molecule has 0 fully saturated rings. The van der Waals surface area contributed by atoms with Crippen molar-refractivity contribution < 1.29 is 9.53 Å². The van der Waals surface area contributed by atoms with Gasteiger partial charge in [0.05, 0.1) is 11.3 Å². The molecule has 3 rings (SSSR count). The summed E-state index contributed by atoms with van der Waals surface area (Å²) in [6.07, 6.45) is 3.49. The molecule has 5 heteroatoms. The molecule has 1 amide bonds. The monoisotopic (exact) mass is 335 g/mol. The molecule has 2 aromatic carbocycles. The number of nitrogens with one attached hydrogen (secondary N) is 1. The fourth-order valence-electron chi connectivity index (χ4n) is 2.53. The molecule has 0 saturated heterocycles. The second kappa shape index (κ2) is 7.77. The van der Waals surface area contributed by atoms with Crippen molar-refractivity contribution in [2.45, 2.75) is 0 Å². The Bertz CT molecular complexity index is 872. The summed E-state index contributed by atoms with van der Waals surface area (Å²) in [5.41, 5.74) is 1.25. The third kappa shape index (κ3) is 4.14. The molecule has 5 nitrogen and oxygen atoms in total. The quantitative estimate of drug-likeness (QED) is 0.750. The molecular weight excluding hydrogens is 314 g/mol. The Morgan fingerprint density at radius 3 is 2.80 bits per heavy atom. The maximum Gasteiger partial charge on any atom is 0.259 e. The third-order valence-corrected chi connectivity index (χ3v) is 3.86. The van der Waals surface area contributed by atoms with Crippen LogP contribution in [0.2, 0.25) is 0 Å². The minimum absolute atomic E-state index is 0.197. The van der Waals surface area contributed by atoms with Crippen LogP contribution in [-0.2, 0) is 0 Å². The Kier molecular flexibility index (Phi) is 5.26. The van der Waals surface area contributed by atoms with Crippen LogP contribution < -0.4 is 10.1 Å². The van der Waals surface area contributed by atoms with Gasteiger partial charge in [0.15, 0.2) is 0 Å². The molecule has 0 radical (unpaired) electrons. The maximum absolute atomic E-state index is 12.8. The number of pyridine rings is 1. The molecule has 0 saturated carbocycles. The molecule has 0 unspecified atom stereocenters. The summed E-state index contributed by atoms with van der Waals surface area (Å²) in [5, 5.41) is 4.91. The molecule has 25 heavy (non-hydrogen) atoms. The zero-order valence-electron chi connectivity index (χ0n) is 14.4. The van der Waals surface area contributed by atoms with Gasteiger partial charge in [0, 0.05) is 24.3 Å². The average molecular weight is 335 g/mol. The first-order valence-electron chi connectivity index (χ1n) is 8.16. The summed E-state index contributed by atoms with van der Waals surface area (Å²) in [6, 6.07) is 15.0. The number of amides is 1. The van der Waals surface area contributed by atoms with Crippen LogP contribution in [0.1, 0.15) is 10.4 Å². The van der Waals surface area contributed by atoms with Gasteiger partial charge >= 0.3 is 0 Å². The number of carbonyl (C=O) groups excluding carboxylic acids is 1. The van der Waals surface area contributed by atoms with E-state index in [2.05, 4.69) is 10.3 Å². The maximum atomic E-state index is 12.8. The molecule has 0 aliphatic rings. The summed E-state index contributed by atoms with van der Waals surface area (Å²) in [4.78, 5) is 18.9. The number of benzene rings is 2. The number of hydrogen-bond acceptors (Lipinski definition) is 4. The van der Waals surface area contributed by atoms with E-state index in [1.165, 1.54) is 0 Å². The normalized spacial score (nSPS) is 10.8. The standard InChI is InChI=1S/C20H21N3O2/c1-23(2)12-13-25-19-9-4-3-7-16(19)20(24)22-18-8-5-6-15-10-11-21-14-17(15)18/h3-11,14H,12-13H2,1-2H3,(H,22,24). The number of ether oxygens (including phenoxy) is 1. The van der Waals surface area contributed by atoms with Crippen LogP contribution in [0.25, 0.3) is 10.8 Å². The van der Waals surface area contributed by atoms with Crippen molar-refractivity contribution in [2.75, 3.05) is 32.6 Å². The van der Waals surface area contributed by atoms with E-state index in [0.717, 1.165) is 23.0 Å². The summed E-state index contributed by atoms with van der Waals surface area (Å²) < 4.78 is 5.78. The number of fused-ring (bicyclic) bond motifs is 1. The smallest absolute Gasteiger partial charge is 0.259 e. The predicted octanol–water partition coefficient (Wildman–Crippen LogP) is 3.43. The summed E-state index contributed by atoms with van der Waals surface area (Å²) in [7, 11) is 3.97. The Morgan fingerprint density at radius 2 is 1.96 bits per heavy atom. The molecule has 1 N–H and O–H groups in total. The lowest BCUT2D eigenvalue weighted by Gasteiger charge is -2.14. The molecule has 1 heterocycles. The van der Waals surface area contributed by atoms with Crippen LogP contribution in [-0.4, -0.2) is 43.0 Å². The van der Waals surface area contributed by atoms with Gasteiger partial charge in [-0.3, -0.25) is 9.78 Å². The van der Waals surface area contributed by atoms with Crippen LogP contribution >= 0.6 is 0 Å². The average Bonchev–Trinajstić information content (AvgIpc) is 2.62. The number of nitrogens with zero attached hydrogens (tertiary/aromatic N) is 2. The zero-order chi connectivity index (χ0) is 17.6. The molecule has 128 valence electrons. The van der Waals surface area contributed by atoms with Gasteiger partial charge in [-0.25, -0.2) is 0 Å². The number of likely N-dealkylation sites (N-methyl/N-ethyl adjacent to an activating group) is 1. The van der Waals surface area contributed by atoms with E-state index in [-0.39, 0.29) is 5.91 Å². The van der Waals surface area contributed by atoms with Gasteiger partial charge in [-0.1, -0.05) is 24.3 Å². The van der Waals surface area contributed by atoms with Crippen molar-refractivity contribution in [1.82, 2.24) is 9.88 Å². The predicted molar refractivity (Wildman–Crippen MR) is 100 cm³/mol. The Hall–Kier alpha value is -2.92. The first-order chi connectivity index (χ1) is 12.1. The van der Waals surface area contributed by atoms with Crippen LogP contribution in [0.15, 0.2) is 60.9 Å². The highest BCUT2D eigenvalue weighted by Crippen LogP contribution is 2.24. The highest BCUT2D eigenvalue weighted by atomic mass is 16.5. The van der Waals surface area contributed by atoms with Crippen molar-refractivity contribution in [3.8, 4) is 5.75 Å². The van der Waals surface area contributed by atoms with E-state index < -0.39 is 0 Å². The van der Waals surface area contributed by atoms with Crippen LogP contribution in [0.4, 0.5) is 5.69 Å². The van der Waals surface area contributed by atoms with Crippen LogP contribution in [0.3, 0.4) is 0 Å². The Morgan fingerprint density at radius 1 is 1.12 bits per heavy atom. The zero-order valence-corrected chi connectivity index (χ0v) is 14.4. The van der Waals surface area contributed by atoms with Gasteiger partial charge < -0.3 is 15.0 Å². The van der Waals surface area contributed by atoms with Gasteiger partial charge in [0.2, 0.25) is 0 Å². The van der Waals surface area contributed by atoms with Crippen molar-refractivity contribution >= 4 is 22.4 Å². The second-order valence-electron chi connectivity index (χ2n) is 6.00. The van der Waals surface area contributed by atoms with Gasteiger partial charge in [0.25, 0.3) is 5.91 Å². The molecule has 0 bridgehead atoms. The largest absolute Gasteiger partial charge is 0.491 e. The molecule has 1 aromatic heterocycles. The summed E-state index contributed by atoms with van der Waals surface area (Å²) in [5.74, 6) is 0.386. The summed E-state index contributed by atoms with van der Waals surface area (Å²) in [6.45, 7) is 1.31. The summed E-state index contributed by atoms with van der Waals surface area (Å²) >= 11 is 0. The molecule has 3 aromatic rings. The molecule has 0 spiro atoms. The number of aromatic nitrogens is 1. The van der Waals surface area contributed by atoms with Crippen molar-refractivity contribution in [3.05, 3.63) is 66.5 Å². The molecule has 0 aliphatic heterocycles. The Balaban J connectivity index is 1.81. The van der Waals surface area contributed by atoms with E-state index in [9.17, 15) is 4.79 Å². The molecular formula is C20H21N3O2. The second-order valence-corrected chi connectivity index (χ2v) is 6.00. The van der Waals surface area contributed by atoms with Crippen LogP contribution in [0.5, 0.6) is 5.75 Å². The van der Waals surface area contributed by atoms with Crippen molar-refractivity contribution in [2.24, 2.45) is 0 Å². The fraction of sp³-hybridized carbons (Fsp3) is 0.200. The SMILES string of the molecule is CN(C)CCOc1ccccc1C(=O)Nc1cccc2ccncc12. The first-order valence-corrected chi connectivity index (χ1v) is 8.16. The highest BCUT2D eigenvalue weighted by molar-refractivity contribution is 6.10. The van der Waals surface area contributed by atoms with Gasteiger partial charge in [0.1, 0.15) is 12.4 Å². The topological polar surface area (TPSA) is 54.5 Å². The Labute approximate surface area is 147 Å². The number of hydrogen-bond donors (Lipinski definition) is 1. The van der Waals surface area contributed by atoms with E-state index in [1.54, 1.807) is 18.5 Å². The number of rotatable bonds is 6. The lowest BCUT2D eigenvalue weighted by atomic mass is 10.1. The lowest BCUT2D eigenvalue weighted by molar-refractivity contribution is 0.102. The van der Waals surface area contributed by atoms with Crippen molar-refractivity contribution in [1.29, 1.82) is 0 Å². The number of carbonyl (C=O) groups is 1. The highest BCUT2D eigenvalue weighted by Gasteiger charge is 2.13. The lowest BCUT2D eigenvalue weighted by Crippen LogP contribution is -2.20. The van der Waals surface area contributed by atoms with E-state index >= 15 is 0 Å². The van der Waals surface area contributed by atoms with Gasteiger partial charge in [-0.2, -0.15) is 0 Å². The van der Waals surface area contributed by atoms with E-state index in [1.807, 2.05) is 61.5 Å². The van der Waals surface area contributed by atoms with Crippen LogP contribution in [0, 0.1) is 0 Å². The molecule has 0 aliphatic carbocycles. The first kappa shape index (κ1) is 16.9. The molecule has 0 atom stereocenters. The van der Waals surface area contributed by atoms with Crippen molar-refractivity contribution in [3.63, 3.8) is 0 Å². The van der Waals surface area contributed by atoms with E-state index in [0.29, 0.717) is 17.9 Å². The minimum Gasteiger partial charge on any atom is -0.491 e.